The highest BCUT2D eigenvalue weighted by Crippen LogP contribution is 2.39. The van der Waals surface area contributed by atoms with Crippen LogP contribution >= 0.6 is 11.6 Å². The van der Waals surface area contributed by atoms with Gasteiger partial charge in [-0.2, -0.15) is 0 Å². The van der Waals surface area contributed by atoms with Gasteiger partial charge in [-0.3, -0.25) is 9.89 Å². The van der Waals surface area contributed by atoms with Gasteiger partial charge in [0.1, 0.15) is 0 Å². The molecule has 4 heterocycles. The summed E-state index contributed by atoms with van der Waals surface area (Å²) in [5.41, 5.74) is 3.23. The van der Waals surface area contributed by atoms with Gasteiger partial charge in [-0.05, 0) is 49.5 Å². The average molecular weight is 356 g/mol. The minimum absolute atomic E-state index is 0.181. The second kappa shape index (κ2) is 5.58. The van der Waals surface area contributed by atoms with Crippen molar-refractivity contribution >= 4 is 34.6 Å². The molecule has 2 fully saturated rings. The number of fused-ring (bicyclic) bond motifs is 4. The fourth-order valence-corrected chi connectivity index (χ4v) is 4.42. The highest BCUT2D eigenvalue weighted by atomic mass is 35.5. The summed E-state index contributed by atoms with van der Waals surface area (Å²) in [6.07, 6.45) is 2.19. The Morgan fingerprint density at radius 1 is 1.16 bits per heavy atom. The number of halogens is 1. The van der Waals surface area contributed by atoms with Crippen LogP contribution in [0.25, 0.3) is 0 Å². The lowest BCUT2D eigenvalue weighted by molar-refractivity contribution is 0.472. The molecule has 1 aromatic carbocycles. The number of aliphatic imine (C=N–C) groups is 2. The van der Waals surface area contributed by atoms with Crippen molar-refractivity contribution in [3.05, 3.63) is 35.0 Å². The lowest BCUT2D eigenvalue weighted by Gasteiger charge is -2.36. The fraction of sp³-hybridized carbons (Fsp3) is 0.474. The van der Waals surface area contributed by atoms with E-state index in [2.05, 4.69) is 35.2 Å². The van der Waals surface area contributed by atoms with E-state index in [1.165, 1.54) is 5.57 Å². The van der Waals surface area contributed by atoms with E-state index in [0.717, 1.165) is 66.1 Å². The number of hydrogen-bond donors (Lipinski definition) is 1. The van der Waals surface area contributed by atoms with Crippen LogP contribution in [0.15, 0.2) is 40.0 Å². The van der Waals surface area contributed by atoms with Crippen LogP contribution in [0, 0.1) is 11.8 Å². The van der Waals surface area contributed by atoms with Gasteiger partial charge in [-0.25, -0.2) is 4.99 Å². The molecule has 0 amide bonds. The van der Waals surface area contributed by atoms with Gasteiger partial charge in [0.25, 0.3) is 0 Å². The van der Waals surface area contributed by atoms with Crippen LogP contribution < -0.4 is 10.2 Å². The number of nitrogens with one attached hydrogen (secondary N) is 1. The summed E-state index contributed by atoms with van der Waals surface area (Å²) in [6, 6.07) is 6.08. The largest absolute Gasteiger partial charge is 0.353 e. The van der Waals surface area contributed by atoms with Crippen molar-refractivity contribution in [2.75, 3.05) is 31.1 Å². The highest BCUT2D eigenvalue weighted by Gasteiger charge is 2.41. The topological polar surface area (TPSA) is 43.2 Å². The zero-order valence-electron chi connectivity index (χ0n) is 14.5. The van der Waals surface area contributed by atoms with E-state index in [-0.39, 0.29) is 6.04 Å². The Morgan fingerprint density at radius 2 is 1.92 bits per heavy atom. The number of anilines is 1. The van der Waals surface area contributed by atoms with Gasteiger partial charge in [-0.15, -0.1) is 0 Å². The lowest BCUT2D eigenvalue weighted by atomic mass is 10.0. The molecule has 4 aliphatic heterocycles. The Labute approximate surface area is 153 Å². The van der Waals surface area contributed by atoms with Crippen LogP contribution in [-0.4, -0.2) is 48.8 Å². The molecular formula is C19H22ClN5. The van der Waals surface area contributed by atoms with Crippen LogP contribution in [0.3, 0.4) is 0 Å². The van der Waals surface area contributed by atoms with Crippen molar-refractivity contribution in [2.24, 2.45) is 21.8 Å². The molecule has 3 unspecified atom stereocenters. The molecule has 5 rings (SSSR count). The predicted octanol–water partition coefficient (Wildman–Crippen LogP) is 3.05. The molecule has 6 heteroatoms. The molecule has 0 bridgehead atoms. The Bertz CT molecular complexity index is 815. The first-order chi connectivity index (χ1) is 12.1. The number of amidine groups is 2. The summed E-state index contributed by atoms with van der Waals surface area (Å²) in [5, 5.41) is 4.23. The van der Waals surface area contributed by atoms with Gasteiger partial charge in [0.2, 0.25) is 0 Å². The van der Waals surface area contributed by atoms with Crippen molar-refractivity contribution in [1.82, 2.24) is 10.2 Å². The molecule has 5 nitrogen and oxygen atoms in total. The standard InChI is InChI=1S/C19H22ClN5/c1-11-8-25-17-5-15(20)3-4-16(17)23-18(19(25)22-12(11)2)24-9-13-6-21-7-14(13)10-24/h3-5,8,12-14,21H,6-7,9-10H2,1-2H3. The molecule has 0 aromatic heterocycles. The first-order valence-electron chi connectivity index (χ1n) is 9.00. The normalized spacial score (nSPS) is 30.4. The molecule has 4 aliphatic rings. The number of nitrogens with zero attached hydrogens (tertiary/aromatic N) is 4. The second-order valence-corrected chi connectivity index (χ2v) is 7.96. The molecule has 3 atom stereocenters. The van der Waals surface area contributed by atoms with Crippen LogP contribution in [0.5, 0.6) is 0 Å². The maximum atomic E-state index is 6.25. The molecule has 0 saturated carbocycles. The Hall–Kier alpha value is -1.85. The maximum absolute atomic E-state index is 6.25. The Kier molecular flexibility index (Phi) is 3.44. The van der Waals surface area contributed by atoms with E-state index in [1.807, 2.05) is 18.2 Å². The second-order valence-electron chi connectivity index (χ2n) is 7.52. The molecule has 0 radical (unpaired) electrons. The molecular weight excluding hydrogens is 334 g/mol. The van der Waals surface area contributed by atoms with E-state index >= 15 is 0 Å². The Balaban J connectivity index is 1.60. The minimum atomic E-state index is 0.181. The van der Waals surface area contributed by atoms with E-state index in [1.54, 1.807) is 0 Å². The smallest absolute Gasteiger partial charge is 0.176 e. The molecule has 25 heavy (non-hydrogen) atoms. The van der Waals surface area contributed by atoms with Gasteiger partial charge >= 0.3 is 0 Å². The summed E-state index contributed by atoms with van der Waals surface area (Å²) in [4.78, 5) is 14.6. The molecule has 0 spiro atoms. The molecule has 2 saturated heterocycles. The zero-order chi connectivity index (χ0) is 17.1. The van der Waals surface area contributed by atoms with Crippen molar-refractivity contribution in [2.45, 2.75) is 19.9 Å². The quantitative estimate of drug-likeness (QED) is 0.777. The van der Waals surface area contributed by atoms with Crippen molar-refractivity contribution in [3.63, 3.8) is 0 Å². The summed E-state index contributed by atoms with van der Waals surface area (Å²) in [6.45, 7) is 8.63. The van der Waals surface area contributed by atoms with E-state index in [0.29, 0.717) is 0 Å². The first-order valence-corrected chi connectivity index (χ1v) is 9.37. The number of benzene rings is 1. The molecule has 0 aliphatic carbocycles. The van der Waals surface area contributed by atoms with Crippen LogP contribution in [0.1, 0.15) is 13.8 Å². The summed E-state index contributed by atoms with van der Waals surface area (Å²) >= 11 is 6.25. The highest BCUT2D eigenvalue weighted by molar-refractivity contribution is 6.48. The van der Waals surface area contributed by atoms with Gasteiger partial charge in [0.05, 0.1) is 17.4 Å². The van der Waals surface area contributed by atoms with Gasteiger partial charge in [0, 0.05) is 37.4 Å². The van der Waals surface area contributed by atoms with Crippen LogP contribution in [-0.2, 0) is 0 Å². The summed E-state index contributed by atoms with van der Waals surface area (Å²) < 4.78 is 0. The number of likely N-dealkylation sites (tertiary alicyclic amines) is 1. The predicted molar refractivity (Wildman–Crippen MR) is 103 cm³/mol. The van der Waals surface area contributed by atoms with Crippen molar-refractivity contribution in [3.8, 4) is 0 Å². The van der Waals surface area contributed by atoms with Crippen molar-refractivity contribution in [1.29, 1.82) is 0 Å². The molecule has 1 N–H and O–H groups in total. The van der Waals surface area contributed by atoms with Crippen molar-refractivity contribution < 1.29 is 0 Å². The van der Waals surface area contributed by atoms with Crippen LogP contribution in [0.4, 0.5) is 11.4 Å². The van der Waals surface area contributed by atoms with Gasteiger partial charge < -0.3 is 10.2 Å². The zero-order valence-corrected chi connectivity index (χ0v) is 15.3. The Morgan fingerprint density at radius 3 is 2.68 bits per heavy atom. The number of rotatable bonds is 0. The minimum Gasteiger partial charge on any atom is -0.353 e. The third-order valence-electron chi connectivity index (χ3n) is 5.85. The van der Waals surface area contributed by atoms with E-state index in [4.69, 9.17) is 21.6 Å². The average Bonchev–Trinajstić information content (AvgIpc) is 3.17. The van der Waals surface area contributed by atoms with Crippen LogP contribution in [0.2, 0.25) is 5.02 Å². The van der Waals surface area contributed by atoms with Gasteiger partial charge in [-0.1, -0.05) is 11.6 Å². The SMILES string of the molecule is CC1=CN2C(=NC1C)C(N1CC3CNCC3C1)=Nc1ccc(Cl)cc12. The molecule has 1 aromatic rings. The maximum Gasteiger partial charge on any atom is 0.176 e. The number of hydrogen-bond acceptors (Lipinski definition) is 5. The summed E-state index contributed by atoms with van der Waals surface area (Å²) in [5.74, 6) is 3.42. The third kappa shape index (κ3) is 2.41. The monoisotopic (exact) mass is 355 g/mol. The molecule has 130 valence electrons. The van der Waals surface area contributed by atoms with E-state index in [9.17, 15) is 0 Å². The lowest BCUT2D eigenvalue weighted by Crippen LogP contribution is -2.47. The van der Waals surface area contributed by atoms with Gasteiger partial charge in [0.15, 0.2) is 11.7 Å². The third-order valence-corrected chi connectivity index (χ3v) is 6.08. The van der Waals surface area contributed by atoms with E-state index < -0.39 is 0 Å². The summed E-state index contributed by atoms with van der Waals surface area (Å²) in [7, 11) is 0. The first kappa shape index (κ1) is 15.4. The fourth-order valence-electron chi connectivity index (χ4n) is 4.26.